The lowest BCUT2D eigenvalue weighted by atomic mass is 9.94. The smallest absolute Gasteiger partial charge is 0.246 e. The highest BCUT2D eigenvalue weighted by atomic mass is 32.2. The van der Waals surface area contributed by atoms with Crippen molar-refractivity contribution in [2.24, 2.45) is 0 Å². The summed E-state index contributed by atoms with van der Waals surface area (Å²) < 4.78 is 32.5. The van der Waals surface area contributed by atoms with Crippen LogP contribution in [-0.4, -0.2) is 37.8 Å². The van der Waals surface area contributed by atoms with E-state index in [1.807, 2.05) is 0 Å². The lowest BCUT2D eigenvalue weighted by Gasteiger charge is -2.26. The first-order chi connectivity index (χ1) is 9.42. The van der Waals surface area contributed by atoms with Gasteiger partial charge in [0, 0.05) is 12.2 Å². The van der Waals surface area contributed by atoms with Crippen molar-refractivity contribution in [2.75, 3.05) is 7.11 Å². The summed E-state index contributed by atoms with van der Waals surface area (Å²) in [7, 11) is -2.27. The first kappa shape index (κ1) is 15.2. The SMILES string of the molecule is COc1ncc(C)cc1S(=O)(=O)N[C@H]1CC[C@H](O)CC1. The van der Waals surface area contributed by atoms with E-state index in [0.29, 0.717) is 25.7 Å². The number of nitrogens with zero attached hydrogens (tertiary/aromatic N) is 1. The molecule has 1 fully saturated rings. The van der Waals surface area contributed by atoms with E-state index < -0.39 is 10.0 Å². The maximum absolute atomic E-state index is 12.4. The minimum atomic E-state index is -3.66. The van der Waals surface area contributed by atoms with Gasteiger partial charge in [0.25, 0.3) is 0 Å². The summed E-state index contributed by atoms with van der Waals surface area (Å²) in [4.78, 5) is 4.05. The van der Waals surface area contributed by atoms with Crippen LogP contribution in [0.3, 0.4) is 0 Å². The molecule has 1 aliphatic carbocycles. The van der Waals surface area contributed by atoms with Crippen molar-refractivity contribution in [1.82, 2.24) is 9.71 Å². The normalized spacial score (nSPS) is 23.6. The van der Waals surface area contributed by atoms with Gasteiger partial charge in [-0.05, 0) is 44.2 Å². The molecule has 0 spiro atoms. The monoisotopic (exact) mass is 300 g/mol. The fourth-order valence-corrected chi connectivity index (χ4v) is 3.86. The fraction of sp³-hybridized carbons (Fsp3) is 0.615. The molecule has 112 valence electrons. The van der Waals surface area contributed by atoms with Gasteiger partial charge in [0.05, 0.1) is 13.2 Å². The molecule has 1 aromatic heterocycles. The van der Waals surface area contributed by atoms with Crippen LogP contribution in [0.15, 0.2) is 17.2 Å². The van der Waals surface area contributed by atoms with E-state index in [1.54, 1.807) is 19.2 Å². The molecule has 0 bridgehead atoms. The van der Waals surface area contributed by atoms with Crippen molar-refractivity contribution in [3.63, 3.8) is 0 Å². The summed E-state index contributed by atoms with van der Waals surface area (Å²) in [6.07, 6.45) is 3.77. The third-order valence-electron chi connectivity index (χ3n) is 3.46. The van der Waals surface area contributed by atoms with Crippen LogP contribution >= 0.6 is 0 Å². The van der Waals surface area contributed by atoms with Crippen molar-refractivity contribution in [3.8, 4) is 5.88 Å². The Labute approximate surface area is 119 Å². The van der Waals surface area contributed by atoms with Crippen molar-refractivity contribution < 1.29 is 18.3 Å². The van der Waals surface area contributed by atoms with E-state index in [-0.39, 0.29) is 22.9 Å². The molecule has 0 amide bonds. The molecule has 0 aliphatic heterocycles. The topological polar surface area (TPSA) is 88.5 Å². The van der Waals surface area contributed by atoms with Crippen LogP contribution in [0.1, 0.15) is 31.2 Å². The highest BCUT2D eigenvalue weighted by molar-refractivity contribution is 7.89. The second-order valence-corrected chi connectivity index (χ2v) is 6.83. The minimum Gasteiger partial charge on any atom is -0.480 e. The zero-order chi connectivity index (χ0) is 14.8. The van der Waals surface area contributed by atoms with E-state index >= 15 is 0 Å². The summed E-state index contributed by atoms with van der Waals surface area (Å²) in [6.45, 7) is 1.78. The average Bonchev–Trinajstić information content (AvgIpc) is 2.41. The van der Waals surface area contributed by atoms with Crippen LogP contribution in [0, 0.1) is 6.92 Å². The van der Waals surface area contributed by atoms with Gasteiger partial charge in [-0.25, -0.2) is 18.1 Å². The molecule has 0 saturated heterocycles. The van der Waals surface area contributed by atoms with Gasteiger partial charge in [-0.3, -0.25) is 0 Å². The Balaban J connectivity index is 2.20. The summed E-state index contributed by atoms with van der Waals surface area (Å²) in [5.41, 5.74) is 0.755. The Morgan fingerprint density at radius 2 is 2.00 bits per heavy atom. The first-order valence-corrected chi connectivity index (χ1v) is 8.11. The average molecular weight is 300 g/mol. The molecule has 0 unspecified atom stereocenters. The molecular formula is C13H20N2O4S. The van der Waals surface area contributed by atoms with Crippen LogP contribution in [0.25, 0.3) is 0 Å². The van der Waals surface area contributed by atoms with E-state index in [4.69, 9.17) is 4.74 Å². The summed E-state index contributed by atoms with van der Waals surface area (Å²) in [5.74, 6) is 0.0962. The van der Waals surface area contributed by atoms with Gasteiger partial charge < -0.3 is 9.84 Å². The van der Waals surface area contributed by atoms with E-state index in [1.165, 1.54) is 7.11 Å². The van der Waals surface area contributed by atoms with Crippen molar-refractivity contribution in [2.45, 2.75) is 49.6 Å². The molecule has 1 aromatic rings. The zero-order valence-corrected chi connectivity index (χ0v) is 12.5. The quantitative estimate of drug-likeness (QED) is 0.865. The lowest BCUT2D eigenvalue weighted by molar-refractivity contribution is 0.120. The fourth-order valence-electron chi connectivity index (χ4n) is 2.35. The van der Waals surface area contributed by atoms with Gasteiger partial charge in [0.15, 0.2) is 0 Å². The Bertz CT molecular complexity index is 566. The van der Waals surface area contributed by atoms with Crippen LogP contribution in [0.5, 0.6) is 5.88 Å². The number of ether oxygens (including phenoxy) is 1. The van der Waals surface area contributed by atoms with Gasteiger partial charge in [0.2, 0.25) is 15.9 Å². The van der Waals surface area contributed by atoms with Gasteiger partial charge in [-0.1, -0.05) is 0 Å². The molecule has 2 rings (SSSR count). The van der Waals surface area contributed by atoms with E-state index in [9.17, 15) is 13.5 Å². The van der Waals surface area contributed by atoms with Crippen LogP contribution in [0.2, 0.25) is 0 Å². The van der Waals surface area contributed by atoms with E-state index in [0.717, 1.165) is 5.56 Å². The molecule has 0 atom stereocenters. The highest BCUT2D eigenvalue weighted by Crippen LogP contribution is 2.24. The Hall–Kier alpha value is -1.18. The van der Waals surface area contributed by atoms with Crippen molar-refractivity contribution in [3.05, 3.63) is 17.8 Å². The molecular weight excluding hydrogens is 280 g/mol. The second kappa shape index (κ2) is 6.07. The number of methoxy groups -OCH3 is 1. The number of nitrogens with one attached hydrogen (secondary N) is 1. The standard InChI is InChI=1S/C13H20N2O4S/c1-9-7-12(13(19-2)14-8-9)20(17,18)15-10-3-5-11(16)6-4-10/h7-8,10-11,15-16H,3-6H2,1-2H3/t10-,11-. The summed E-state index contributed by atoms with van der Waals surface area (Å²) >= 11 is 0. The van der Waals surface area contributed by atoms with E-state index in [2.05, 4.69) is 9.71 Å². The lowest BCUT2D eigenvalue weighted by Crippen LogP contribution is -2.38. The number of rotatable bonds is 4. The number of aliphatic hydroxyl groups is 1. The third kappa shape index (κ3) is 3.47. The number of aromatic nitrogens is 1. The largest absolute Gasteiger partial charge is 0.480 e. The van der Waals surface area contributed by atoms with Crippen LogP contribution in [-0.2, 0) is 10.0 Å². The molecule has 1 heterocycles. The number of pyridine rings is 1. The van der Waals surface area contributed by atoms with Gasteiger partial charge >= 0.3 is 0 Å². The number of aliphatic hydroxyl groups excluding tert-OH is 1. The second-order valence-electron chi connectivity index (χ2n) is 5.15. The molecule has 0 aromatic carbocycles. The first-order valence-electron chi connectivity index (χ1n) is 6.63. The predicted octanol–water partition coefficient (Wildman–Crippen LogP) is 0.980. The molecule has 0 radical (unpaired) electrons. The Morgan fingerprint density at radius 3 is 2.60 bits per heavy atom. The number of hydrogen-bond donors (Lipinski definition) is 2. The zero-order valence-electron chi connectivity index (χ0n) is 11.7. The predicted molar refractivity (Wildman–Crippen MR) is 74.1 cm³/mol. The van der Waals surface area contributed by atoms with Crippen LogP contribution in [0.4, 0.5) is 0 Å². The van der Waals surface area contributed by atoms with Crippen LogP contribution < -0.4 is 9.46 Å². The maximum atomic E-state index is 12.4. The van der Waals surface area contributed by atoms with Gasteiger partial charge in [-0.2, -0.15) is 0 Å². The minimum absolute atomic E-state index is 0.0612. The van der Waals surface area contributed by atoms with Gasteiger partial charge in [-0.15, -0.1) is 0 Å². The number of sulfonamides is 1. The molecule has 2 N–H and O–H groups in total. The third-order valence-corrected chi connectivity index (χ3v) is 4.97. The molecule has 20 heavy (non-hydrogen) atoms. The number of aryl methyl sites for hydroxylation is 1. The molecule has 1 saturated carbocycles. The summed E-state index contributed by atoms with van der Waals surface area (Å²) in [6, 6.07) is 1.40. The summed E-state index contributed by atoms with van der Waals surface area (Å²) in [5, 5.41) is 9.45. The Morgan fingerprint density at radius 1 is 1.35 bits per heavy atom. The van der Waals surface area contributed by atoms with Gasteiger partial charge in [0.1, 0.15) is 4.90 Å². The maximum Gasteiger partial charge on any atom is 0.246 e. The molecule has 6 nitrogen and oxygen atoms in total. The Kier molecular flexibility index (Phi) is 4.62. The van der Waals surface area contributed by atoms with Crippen molar-refractivity contribution in [1.29, 1.82) is 0 Å². The number of hydrogen-bond acceptors (Lipinski definition) is 5. The highest BCUT2D eigenvalue weighted by Gasteiger charge is 2.27. The van der Waals surface area contributed by atoms with Crippen molar-refractivity contribution >= 4 is 10.0 Å². The molecule has 1 aliphatic rings. The molecule has 7 heteroatoms.